The van der Waals surface area contributed by atoms with E-state index in [-0.39, 0.29) is 17.1 Å². The molecule has 0 saturated heterocycles. The number of aromatic nitrogens is 1. The Bertz CT molecular complexity index is 1160. The fourth-order valence-corrected chi connectivity index (χ4v) is 2.98. The Morgan fingerprint density at radius 1 is 1.16 bits per heavy atom. The van der Waals surface area contributed by atoms with Crippen molar-refractivity contribution in [3.8, 4) is 11.3 Å². The van der Waals surface area contributed by atoms with Crippen molar-refractivity contribution < 1.29 is 23.1 Å². The molecule has 9 heteroatoms. The number of nitrogen functional groups attached to an aromatic ring is 1. The van der Waals surface area contributed by atoms with E-state index in [1.807, 2.05) is 6.92 Å². The van der Waals surface area contributed by atoms with Crippen LogP contribution in [-0.2, 0) is 6.18 Å². The average Bonchev–Trinajstić information content (AvgIpc) is 2.74. The van der Waals surface area contributed by atoms with E-state index in [1.54, 1.807) is 30.3 Å². The number of hydrogen-bond acceptors (Lipinski definition) is 5. The first-order valence-corrected chi connectivity index (χ1v) is 9.15. The monoisotopic (exact) mass is 428 g/mol. The van der Waals surface area contributed by atoms with Gasteiger partial charge in [0.05, 0.1) is 23.6 Å². The Kier molecular flexibility index (Phi) is 6.07. The molecule has 6 nitrogen and oxygen atoms in total. The van der Waals surface area contributed by atoms with Gasteiger partial charge < -0.3 is 21.6 Å². The minimum atomic E-state index is -4.54. The van der Waals surface area contributed by atoms with Crippen LogP contribution in [0.15, 0.2) is 54.6 Å². The molecule has 0 aliphatic rings. The number of nitrogens with two attached hydrogens (primary N) is 1. The zero-order valence-corrected chi connectivity index (χ0v) is 16.4. The number of pyridine rings is 1. The van der Waals surface area contributed by atoms with Gasteiger partial charge in [-0.3, -0.25) is 4.79 Å². The number of anilines is 2. The van der Waals surface area contributed by atoms with Crippen LogP contribution in [0, 0.1) is 12.3 Å². The third-order valence-electron chi connectivity index (χ3n) is 4.63. The highest BCUT2D eigenvalue weighted by atomic mass is 19.4. The van der Waals surface area contributed by atoms with Crippen LogP contribution < -0.4 is 11.1 Å². The lowest BCUT2D eigenvalue weighted by atomic mass is 10.0. The molecule has 1 heterocycles. The first-order chi connectivity index (χ1) is 14.6. The molecule has 5 N–H and O–H groups in total. The minimum Gasteiger partial charge on any atom is -0.390 e. The molecule has 0 fully saturated rings. The fraction of sp³-hybridized carbons (Fsp3) is 0.136. The third kappa shape index (κ3) is 4.89. The van der Waals surface area contributed by atoms with Crippen LogP contribution in [0.4, 0.5) is 24.7 Å². The topological polar surface area (TPSA) is 112 Å². The summed E-state index contributed by atoms with van der Waals surface area (Å²) >= 11 is 0. The Morgan fingerprint density at radius 2 is 1.90 bits per heavy atom. The first kappa shape index (κ1) is 22.0. The molecule has 0 aliphatic carbocycles. The normalized spacial score (nSPS) is 11.3. The molecule has 3 aromatic rings. The maximum absolute atomic E-state index is 12.9. The van der Waals surface area contributed by atoms with Crippen molar-refractivity contribution in [3.63, 3.8) is 0 Å². The number of nitrogens with zero attached hydrogens (tertiary/aromatic N) is 1. The zero-order chi connectivity index (χ0) is 22.8. The van der Waals surface area contributed by atoms with Crippen LogP contribution in [0.5, 0.6) is 0 Å². The molecule has 31 heavy (non-hydrogen) atoms. The van der Waals surface area contributed by atoms with E-state index in [4.69, 9.17) is 16.2 Å². The van der Waals surface area contributed by atoms with E-state index < -0.39 is 24.3 Å². The van der Waals surface area contributed by atoms with Crippen LogP contribution in [0.3, 0.4) is 0 Å². The number of aliphatic hydroxyl groups is 1. The van der Waals surface area contributed by atoms with E-state index in [9.17, 15) is 18.0 Å². The number of benzene rings is 2. The van der Waals surface area contributed by atoms with Gasteiger partial charge in [0.25, 0.3) is 5.91 Å². The number of carbonyl (C=O) groups excluding carboxylic acids is 1. The molecule has 0 unspecified atom stereocenters. The van der Waals surface area contributed by atoms with Gasteiger partial charge >= 0.3 is 6.18 Å². The van der Waals surface area contributed by atoms with Gasteiger partial charge in [-0.25, -0.2) is 4.98 Å². The lowest BCUT2D eigenvalue weighted by Crippen LogP contribution is -2.14. The Labute approximate surface area is 176 Å². The van der Waals surface area contributed by atoms with Crippen molar-refractivity contribution in [2.24, 2.45) is 0 Å². The first-order valence-electron chi connectivity index (χ1n) is 9.15. The summed E-state index contributed by atoms with van der Waals surface area (Å²) in [7, 11) is 0. The number of hydrogen-bond donors (Lipinski definition) is 4. The van der Waals surface area contributed by atoms with Crippen molar-refractivity contribution in [1.29, 1.82) is 5.41 Å². The molecule has 0 saturated carbocycles. The lowest BCUT2D eigenvalue weighted by Gasteiger charge is -2.13. The molecule has 3 rings (SSSR count). The van der Waals surface area contributed by atoms with Crippen LogP contribution in [-0.4, -0.2) is 28.3 Å². The van der Waals surface area contributed by atoms with Gasteiger partial charge in [0.2, 0.25) is 0 Å². The Morgan fingerprint density at radius 3 is 2.55 bits per heavy atom. The van der Waals surface area contributed by atoms with Crippen molar-refractivity contribution in [2.75, 3.05) is 17.7 Å². The predicted octanol–water partition coefficient (Wildman–Crippen LogP) is 4.27. The molecule has 0 aliphatic heterocycles. The van der Waals surface area contributed by atoms with Crippen molar-refractivity contribution in [2.45, 2.75) is 13.1 Å². The van der Waals surface area contributed by atoms with Crippen molar-refractivity contribution >= 4 is 23.1 Å². The van der Waals surface area contributed by atoms with Crippen molar-refractivity contribution in [3.05, 3.63) is 76.9 Å². The van der Waals surface area contributed by atoms with Crippen LogP contribution in [0.2, 0.25) is 0 Å². The maximum atomic E-state index is 12.9. The van der Waals surface area contributed by atoms with Crippen LogP contribution >= 0.6 is 0 Å². The van der Waals surface area contributed by atoms with Gasteiger partial charge in [-0.15, -0.1) is 0 Å². The summed E-state index contributed by atoms with van der Waals surface area (Å²) in [4.78, 5) is 16.7. The Balaban J connectivity index is 1.89. The van der Waals surface area contributed by atoms with E-state index in [2.05, 4.69) is 10.3 Å². The van der Waals surface area contributed by atoms with Gasteiger partial charge in [0.15, 0.2) is 0 Å². The molecule has 2 aromatic carbocycles. The van der Waals surface area contributed by atoms with E-state index in [0.29, 0.717) is 22.5 Å². The lowest BCUT2D eigenvalue weighted by molar-refractivity contribution is -0.137. The predicted molar refractivity (Wildman–Crippen MR) is 112 cm³/mol. The number of aryl methyl sites for hydroxylation is 1. The molecule has 1 amide bonds. The molecule has 0 bridgehead atoms. The van der Waals surface area contributed by atoms with Crippen LogP contribution in [0.1, 0.15) is 27.0 Å². The summed E-state index contributed by atoms with van der Waals surface area (Å²) in [6.45, 7) is 1.36. The van der Waals surface area contributed by atoms with E-state index >= 15 is 0 Å². The van der Waals surface area contributed by atoms with E-state index in [1.165, 1.54) is 12.1 Å². The average molecular weight is 428 g/mol. The Hall–Kier alpha value is -3.72. The molecule has 0 radical (unpaired) electrons. The third-order valence-corrected chi connectivity index (χ3v) is 4.63. The van der Waals surface area contributed by atoms with Gasteiger partial charge in [0, 0.05) is 22.4 Å². The maximum Gasteiger partial charge on any atom is 0.416 e. The second kappa shape index (κ2) is 8.57. The number of amides is 1. The number of aliphatic hydroxyl groups excluding tert-OH is 1. The molecule has 1 aromatic heterocycles. The number of rotatable bonds is 5. The molecule has 0 atom stereocenters. The number of halogens is 3. The minimum absolute atomic E-state index is 0.0598. The smallest absolute Gasteiger partial charge is 0.390 e. The van der Waals surface area contributed by atoms with Gasteiger partial charge in [-0.1, -0.05) is 12.1 Å². The van der Waals surface area contributed by atoms with Crippen molar-refractivity contribution in [1.82, 2.24) is 4.98 Å². The summed E-state index contributed by atoms with van der Waals surface area (Å²) in [5, 5.41) is 19.4. The van der Waals surface area contributed by atoms with Gasteiger partial charge in [0.1, 0.15) is 5.82 Å². The molecule has 0 spiro atoms. The quantitative estimate of drug-likeness (QED) is 0.455. The standard InChI is InChI=1S/C22H19F3N4O2/c1-12-5-6-15(28-21(31)13-3-2-4-14(9-13)22(23,24)25)10-17(12)19-8-7-16(18(26)11-30)20(27)29-19/h2-10,26,30H,11H2,1H3,(H2,27,29)(H,28,31). The highest BCUT2D eigenvalue weighted by Gasteiger charge is 2.30. The second-order valence-corrected chi connectivity index (χ2v) is 6.83. The zero-order valence-electron chi connectivity index (χ0n) is 16.4. The highest BCUT2D eigenvalue weighted by Crippen LogP contribution is 2.30. The summed E-state index contributed by atoms with van der Waals surface area (Å²) in [5.41, 5.74) is 7.47. The summed E-state index contributed by atoms with van der Waals surface area (Å²) in [6, 6.07) is 12.4. The SMILES string of the molecule is Cc1ccc(NC(=O)c2cccc(C(F)(F)F)c2)cc1-c1ccc(C(=N)CO)c(N)n1. The number of nitrogens with one attached hydrogen (secondary N) is 2. The highest BCUT2D eigenvalue weighted by molar-refractivity contribution is 6.05. The molecular weight excluding hydrogens is 409 g/mol. The molecule has 160 valence electrons. The second-order valence-electron chi connectivity index (χ2n) is 6.83. The van der Waals surface area contributed by atoms with Crippen LogP contribution in [0.25, 0.3) is 11.3 Å². The number of carbonyl (C=O) groups is 1. The summed E-state index contributed by atoms with van der Waals surface area (Å²) in [5.74, 6) is -0.602. The molecular formula is C22H19F3N4O2. The fourth-order valence-electron chi connectivity index (χ4n) is 2.98. The summed E-state index contributed by atoms with van der Waals surface area (Å²) < 4.78 is 38.7. The summed E-state index contributed by atoms with van der Waals surface area (Å²) in [6.07, 6.45) is -4.54. The largest absolute Gasteiger partial charge is 0.416 e. The van der Waals surface area contributed by atoms with Gasteiger partial charge in [-0.2, -0.15) is 13.2 Å². The van der Waals surface area contributed by atoms with Gasteiger partial charge in [-0.05, 0) is 55.0 Å². The van der Waals surface area contributed by atoms with E-state index in [0.717, 1.165) is 17.7 Å². The number of alkyl halides is 3.